The van der Waals surface area contributed by atoms with Crippen LogP contribution in [-0.4, -0.2) is 15.6 Å². The number of hydrogen-bond acceptors (Lipinski definition) is 2. The van der Waals surface area contributed by atoms with Gasteiger partial charge in [0.05, 0.1) is 16.6 Å². The Labute approximate surface area is 106 Å². The van der Waals surface area contributed by atoms with E-state index in [-0.39, 0.29) is 18.0 Å². The number of carbonyl (C=O) groups excluding carboxylic acids is 1. The summed E-state index contributed by atoms with van der Waals surface area (Å²) < 4.78 is 15.0. The molecule has 3 nitrogen and oxygen atoms in total. The van der Waals surface area contributed by atoms with Gasteiger partial charge in [0.1, 0.15) is 5.82 Å². The van der Waals surface area contributed by atoms with Crippen molar-refractivity contribution in [1.29, 1.82) is 0 Å². The first-order valence-corrected chi connectivity index (χ1v) is 5.82. The van der Waals surface area contributed by atoms with Crippen LogP contribution in [0, 0.1) is 5.82 Å². The van der Waals surface area contributed by atoms with Gasteiger partial charge in [0.2, 0.25) is 0 Å². The van der Waals surface area contributed by atoms with Crippen LogP contribution in [0.1, 0.15) is 16.1 Å². The van der Waals surface area contributed by atoms with Crippen molar-refractivity contribution < 1.29 is 9.18 Å². The molecule has 0 unspecified atom stereocenters. The van der Waals surface area contributed by atoms with Crippen molar-refractivity contribution in [2.24, 2.45) is 7.05 Å². The summed E-state index contributed by atoms with van der Waals surface area (Å²) in [6, 6.07) is 6.03. The summed E-state index contributed by atoms with van der Waals surface area (Å²) in [4.78, 5) is 11.9. The maximum absolute atomic E-state index is 13.0. The number of carbonyl (C=O) groups is 1. The van der Waals surface area contributed by atoms with E-state index in [9.17, 15) is 9.18 Å². The predicted octanol–water partition coefficient (Wildman–Crippen LogP) is 2.75. The normalized spacial score (nSPS) is 10.5. The monoisotopic (exact) mass is 296 g/mol. The zero-order valence-electron chi connectivity index (χ0n) is 9.15. The van der Waals surface area contributed by atoms with Crippen molar-refractivity contribution in [3.05, 3.63) is 52.0 Å². The van der Waals surface area contributed by atoms with Gasteiger partial charge in [-0.05, 0) is 40.2 Å². The number of aryl methyl sites for hydroxylation is 1. The van der Waals surface area contributed by atoms with E-state index in [1.807, 2.05) is 0 Å². The molecule has 0 aliphatic carbocycles. The highest BCUT2D eigenvalue weighted by molar-refractivity contribution is 9.10. The van der Waals surface area contributed by atoms with Gasteiger partial charge >= 0.3 is 0 Å². The van der Waals surface area contributed by atoms with E-state index in [0.717, 1.165) is 0 Å². The largest absolute Gasteiger partial charge is 0.294 e. The molecule has 0 bridgehead atoms. The molecule has 1 heterocycles. The highest BCUT2D eigenvalue weighted by Crippen LogP contribution is 2.18. The Bertz CT molecular complexity index is 565. The minimum Gasteiger partial charge on any atom is -0.294 e. The molecule has 0 atom stereocenters. The number of hydrogen-bond donors (Lipinski definition) is 0. The second-order valence-electron chi connectivity index (χ2n) is 3.71. The Morgan fingerprint density at radius 1 is 1.47 bits per heavy atom. The van der Waals surface area contributed by atoms with Crippen LogP contribution in [0.2, 0.25) is 0 Å². The van der Waals surface area contributed by atoms with Gasteiger partial charge in [-0.25, -0.2) is 4.39 Å². The molecule has 88 valence electrons. The van der Waals surface area contributed by atoms with E-state index >= 15 is 0 Å². The molecule has 17 heavy (non-hydrogen) atoms. The molecule has 0 aliphatic rings. The van der Waals surface area contributed by atoms with Gasteiger partial charge in [-0.1, -0.05) is 0 Å². The molecule has 2 aromatic rings. The fourth-order valence-electron chi connectivity index (χ4n) is 1.49. The van der Waals surface area contributed by atoms with Crippen LogP contribution in [-0.2, 0) is 13.5 Å². The summed E-state index contributed by atoms with van der Waals surface area (Å²) in [6.45, 7) is 0. The number of nitrogens with zero attached hydrogens (tertiary/aromatic N) is 2. The minimum absolute atomic E-state index is 0.0793. The minimum atomic E-state index is -0.376. The number of rotatable bonds is 3. The summed E-state index contributed by atoms with van der Waals surface area (Å²) in [7, 11) is 1.79. The van der Waals surface area contributed by atoms with E-state index < -0.39 is 0 Å². The Morgan fingerprint density at radius 3 is 2.82 bits per heavy atom. The molecule has 0 saturated carbocycles. The smallest absolute Gasteiger partial charge is 0.168 e. The number of benzene rings is 1. The molecule has 0 saturated heterocycles. The molecule has 0 fully saturated rings. The van der Waals surface area contributed by atoms with E-state index in [0.29, 0.717) is 15.7 Å². The average molecular weight is 297 g/mol. The van der Waals surface area contributed by atoms with Gasteiger partial charge in [-0.15, -0.1) is 0 Å². The molecular weight excluding hydrogens is 287 g/mol. The van der Waals surface area contributed by atoms with Crippen molar-refractivity contribution in [3.8, 4) is 0 Å². The van der Waals surface area contributed by atoms with Crippen LogP contribution in [0.15, 0.2) is 34.9 Å². The first kappa shape index (κ1) is 12.0. The fourth-order valence-corrected chi connectivity index (χ4v) is 1.87. The highest BCUT2D eigenvalue weighted by Gasteiger charge is 2.10. The van der Waals surface area contributed by atoms with Crippen molar-refractivity contribution in [2.45, 2.75) is 6.42 Å². The summed E-state index contributed by atoms with van der Waals surface area (Å²) in [5, 5.41) is 4.13. The maximum Gasteiger partial charge on any atom is 0.168 e. The van der Waals surface area contributed by atoms with Crippen LogP contribution >= 0.6 is 15.9 Å². The topological polar surface area (TPSA) is 34.9 Å². The molecule has 0 radical (unpaired) electrons. The first-order chi connectivity index (χ1) is 8.06. The SMILES string of the molecule is Cn1ccc(CC(=O)c2ccc(F)c(Br)c2)n1. The van der Waals surface area contributed by atoms with Crippen molar-refractivity contribution in [2.75, 3.05) is 0 Å². The second-order valence-corrected chi connectivity index (χ2v) is 4.56. The summed E-state index contributed by atoms with van der Waals surface area (Å²) in [5.74, 6) is -0.455. The van der Waals surface area contributed by atoms with Crippen LogP contribution < -0.4 is 0 Å². The van der Waals surface area contributed by atoms with Crippen LogP contribution in [0.5, 0.6) is 0 Å². The fraction of sp³-hybridized carbons (Fsp3) is 0.167. The van der Waals surface area contributed by atoms with E-state index in [1.165, 1.54) is 18.2 Å². The van der Waals surface area contributed by atoms with Gasteiger partial charge in [0.25, 0.3) is 0 Å². The quantitative estimate of drug-likeness (QED) is 0.817. The standard InChI is InChI=1S/C12H10BrFN2O/c1-16-5-4-9(15-16)7-12(17)8-2-3-11(14)10(13)6-8/h2-6H,7H2,1H3. The van der Waals surface area contributed by atoms with Crippen molar-refractivity contribution in [1.82, 2.24) is 9.78 Å². The van der Waals surface area contributed by atoms with Gasteiger partial charge in [-0.2, -0.15) is 5.10 Å². The first-order valence-electron chi connectivity index (χ1n) is 5.03. The Morgan fingerprint density at radius 2 is 2.24 bits per heavy atom. The lowest BCUT2D eigenvalue weighted by molar-refractivity contribution is 0.0991. The van der Waals surface area contributed by atoms with E-state index in [1.54, 1.807) is 24.0 Å². The van der Waals surface area contributed by atoms with Gasteiger partial charge in [0, 0.05) is 18.8 Å². The van der Waals surface area contributed by atoms with Crippen LogP contribution in [0.25, 0.3) is 0 Å². The number of aromatic nitrogens is 2. The van der Waals surface area contributed by atoms with E-state index in [4.69, 9.17) is 0 Å². The third-order valence-electron chi connectivity index (χ3n) is 2.35. The van der Waals surface area contributed by atoms with Crippen molar-refractivity contribution >= 4 is 21.7 Å². The number of halogens is 2. The zero-order chi connectivity index (χ0) is 12.4. The molecular formula is C12H10BrFN2O. The molecule has 0 N–H and O–H groups in total. The van der Waals surface area contributed by atoms with Crippen LogP contribution in [0.4, 0.5) is 4.39 Å². The third kappa shape index (κ3) is 2.79. The average Bonchev–Trinajstić information content (AvgIpc) is 2.68. The lowest BCUT2D eigenvalue weighted by atomic mass is 10.1. The number of Topliss-reactive ketones (excluding diaryl/α,β-unsaturated/α-hetero) is 1. The third-order valence-corrected chi connectivity index (χ3v) is 2.96. The molecule has 0 spiro atoms. The second kappa shape index (κ2) is 4.79. The molecule has 0 amide bonds. The Kier molecular flexibility index (Phi) is 3.38. The van der Waals surface area contributed by atoms with Gasteiger partial charge < -0.3 is 0 Å². The molecule has 0 aliphatic heterocycles. The molecule has 1 aromatic carbocycles. The molecule has 2 rings (SSSR count). The Balaban J connectivity index is 2.17. The summed E-state index contributed by atoms with van der Waals surface area (Å²) in [6.07, 6.45) is 2.00. The lowest BCUT2D eigenvalue weighted by Gasteiger charge is -2.00. The zero-order valence-corrected chi connectivity index (χ0v) is 10.7. The predicted molar refractivity (Wildman–Crippen MR) is 65.3 cm³/mol. The highest BCUT2D eigenvalue weighted by atomic mass is 79.9. The Hall–Kier alpha value is -1.49. The summed E-state index contributed by atoms with van der Waals surface area (Å²) >= 11 is 3.06. The van der Waals surface area contributed by atoms with Crippen LogP contribution in [0.3, 0.4) is 0 Å². The summed E-state index contributed by atoms with van der Waals surface area (Å²) in [5.41, 5.74) is 1.18. The molecule has 5 heteroatoms. The van der Waals surface area contributed by atoms with Gasteiger partial charge in [-0.3, -0.25) is 9.48 Å². The number of ketones is 1. The van der Waals surface area contributed by atoms with Gasteiger partial charge in [0.15, 0.2) is 5.78 Å². The maximum atomic E-state index is 13.0. The van der Waals surface area contributed by atoms with Crippen molar-refractivity contribution in [3.63, 3.8) is 0 Å². The van der Waals surface area contributed by atoms with E-state index in [2.05, 4.69) is 21.0 Å². The lowest BCUT2D eigenvalue weighted by Crippen LogP contribution is -2.05. The molecule has 1 aromatic heterocycles.